The minimum absolute atomic E-state index is 0.443. The summed E-state index contributed by atoms with van der Waals surface area (Å²) >= 11 is 0. The van der Waals surface area contributed by atoms with E-state index in [2.05, 4.69) is 11.1 Å². The molecule has 2 rings (SSSR count). The molecule has 122 valence electrons. The minimum Gasteiger partial charge on any atom is -0.756 e. The number of rotatable bonds is 1. The van der Waals surface area contributed by atoms with Gasteiger partial charge in [-0.25, -0.2) is 0 Å². The number of carbonyl (C=O) groups is 2. The number of phosphoric acid groups is 1. The fourth-order valence-electron chi connectivity index (χ4n) is 1.84. The zero-order valence-electron chi connectivity index (χ0n) is 11.8. The first-order valence-electron chi connectivity index (χ1n) is 6.45. The average molecular weight is 331 g/mol. The van der Waals surface area contributed by atoms with Gasteiger partial charge in [0.05, 0.1) is 0 Å². The number of nitrogens with zero attached hydrogens (tertiary/aromatic N) is 1. The van der Waals surface area contributed by atoms with E-state index in [4.69, 9.17) is 19.2 Å². The summed E-state index contributed by atoms with van der Waals surface area (Å²) < 4.78 is 8.77. The molecule has 1 aliphatic heterocycles. The van der Waals surface area contributed by atoms with Crippen LogP contribution in [0.15, 0.2) is 24.3 Å². The van der Waals surface area contributed by atoms with E-state index in [1.165, 1.54) is 0 Å². The summed E-state index contributed by atoms with van der Waals surface area (Å²) in [5, 5.41) is 2.59. The molecule has 1 aromatic carbocycles. The molecule has 1 saturated heterocycles. The number of nitrogens with one attached hydrogen (secondary N) is 1. The van der Waals surface area contributed by atoms with Gasteiger partial charge in [0.1, 0.15) is 5.69 Å². The molecule has 1 heterocycles. The Balaban J connectivity index is 0.000000422. The maximum absolute atomic E-state index is 11.7. The van der Waals surface area contributed by atoms with Crippen LogP contribution in [0.25, 0.3) is 0 Å². The number of hydrogen-bond donors (Lipinski definition) is 4. The van der Waals surface area contributed by atoms with Crippen molar-refractivity contribution in [3.05, 3.63) is 24.3 Å². The predicted molar refractivity (Wildman–Crippen MR) is 75.5 cm³/mol. The van der Waals surface area contributed by atoms with Crippen molar-refractivity contribution in [1.29, 1.82) is 0 Å². The van der Waals surface area contributed by atoms with Crippen LogP contribution in [0, 0.1) is 0 Å². The number of carbonyl (C=O) groups excluding carboxylic acids is 2. The van der Waals surface area contributed by atoms with Crippen LogP contribution in [0.1, 0.15) is 12.8 Å². The predicted octanol–water partition coefficient (Wildman–Crippen LogP) is -1.44. The summed E-state index contributed by atoms with van der Waals surface area (Å²) in [7, 11) is -4.89. The highest BCUT2D eigenvalue weighted by Gasteiger charge is 2.24. The van der Waals surface area contributed by atoms with Gasteiger partial charge in [-0.15, -0.1) is 0 Å². The molecule has 0 saturated carbocycles. The van der Waals surface area contributed by atoms with Gasteiger partial charge in [0.25, 0.3) is 7.82 Å². The Hall–Kier alpha value is -1.77. The van der Waals surface area contributed by atoms with Crippen LogP contribution in [0.4, 0.5) is 11.4 Å². The lowest BCUT2D eigenvalue weighted by atomic mass is 10.3. The fraction of sp³-hybridized carbons (Fsp3) is 0.333. The fourth-order valence-corrected chi connectivity index (χ4v) is 1.84. The highest BCUT2D eigenvalue weighted by Crippen LogP contribution is 2.19. The molecule has 0 spiro atoms. The summed E-state index contributed by atoms with van der Waals surface area (Å²) in [5.74, 6) is -1.01. The Bertz CT molecular complexity index is 556. The number of likely N-dealkylation sites (tertiary alicyclic amines) is 1. The van der Waals surface area contributed by atoms with Crippen molar-refractivity contribution in [3.8, 4) is 0 Å². The van der Waals surface area contributed by atoms with Crippen LogP contribution in [-0.2, 0) is 14.2 Å². The molecule has 1 fully saturated rings. The van der Waals surface area contributed by atoms with Crippen LogP contribution < -0.4 is 15.9 Å². The molecule has 0 aromatic heterocycles. The topological polar surface area (TPSA) is 158 Å². The van der Waals surface area contributed by atoms with E-state index in [0.717, 1.165) is 18.5 Å². The number of hydrogen-bond acceptors (Lipinski definition) is 4. The van der Waals surface area contributed by atoms with Crippen molar-refractivity contribution in [2.75, 3.05) is 18.4 Å². The first-order chi connectivity index (χ1) is 10.2. The molecule has 0 radical (unpaired) electrons. The molecule has 0 aliphatic carbocycles. The summed E-state index contributed by atoms with van der Waals surface area (Å²) in [5.41, 5.74) is 5.24. The molecule has 10 heteroatoms. The lowest BCUT2D eigenvalue weighted by Crippen LogP contribution is -2.40. The van der Waals surface area contributed by atoms with Crippen LogP contribution >= 0.6 is 7.82 Å². The second kappa shape index (κ2) is 8.02. The van der Waals surface area contributed by atoms with Gasteiger partial charge in [0.2, 0.25) is 0 Å². The van der Waals surface area contributed by atoms with Gasteiger partial charge in [0.15, 0.2) is 0 Å². The molecule has 0 atom stereocenters. The van der Waals surface area contributed by atoms with Gasteiger partial charge in [0, 0.05) is 30.9 Å². The quantitative estimate of drug-likeness (QED) is 0.364. The monoisotopic (exact) mass is 331 g/mol. The Morgan fingerprint density at radius 3 is 2.09 bits per heavy atom. The highest BCUT2D eigenvalue weighted by molar-refractivity contribution is 7.43. The molecular weight excluding hydrogens is 313 g/mol. The van der Waals surface area contributed by atoms with E-state index in [1.54, 1.807) is 29.2 Å². The average Bonchev–Trinajstić information content (AvgIpc) is 2.92. The first kappa shape index (κ1) is 18.3. The molecule has 6 N–H and O–H groups in total. The zero-order chi connectivity index (χ0) is 16.8. The molecule has 1 aliphatic rings. The molecular formula is C12H18N3O6P. The van der Waals surface area contributed by atoms with E-state index in [0.29, 0.717) is 18.8 Å². The lowest BCUT2D eigenvalue weighted by molar-refractivity contribution is -0.254. The summed E-state index contributed by atoms with van der Waals surface area (Å²) in [4.78, 5) is 47.9. The van der Waals surface area contributed by atoms with Crippen LogP contribution in [0.3, 0.4) is 0 Å². The summed E-state index contributed by atoms with van der Waals surface area (Å²) in [6, 6.07) is 7.04. The zero-order valence-corrected chi connectivity index (χ0v) is 12.7. The summed E-state index contributed by atoms with van der Waals surface area (Å²) in [6.07, 6.45) is 1.96. The lowest BCUT2D eigenvalue weighted by Gasteiger charge is -2.14. The van der Waals surface area contributed by atoms with Gasteiger partial charge in [-0.2, -0.15) is 0 Å². The second-order valence-corrected chi connectivity index (χ2v) is 5.62. The van der Waals surface area contributed by atoms with Gasteiger partial charge in [-0.05, 0) is 25.0 Å². The molecule has 1 aromatic rings. The van der Waals surface area contributed by atoms with Gasteiger partial charge >= 0.3 is 11.8 Å². The standard InChI is InChI=1S/C12H15N3O2.H3O4P/c13-9-3-5-10(6-4-9)14-11(16)12(17)15-7-1-2-8-15;1-5(2,3)4/h3-6H,1-2,7-8,13H2,(H,14,16);(H3,1,2,3,4). The number of benzene rings is 1. The van der Waals surface area contributed by atoms with Crippen LogP contribution in [-0.4, -0.2) is 39.6 Å². The first-order valence-corrected chi connectivity index (χ1v) is 7.98. The molecule has 0 unspecified atom stereocenters. The third-order valence-electron chi connectivity index (χ3n) is 2.80. The number of amides is 2. The second-order valence-electron chi connectivity index (χ2n) is 4.64. The molecule has 0 bridgehead atoms. The normalized spacial score (nSPS) is 14.1. The van der Waals surface area contributed by atoms with Crippen molar-refractivity contribution in [2.24, 2.45) is 0 Å². The van der Waals surface area contributed by atoms with E-state index < -0.39 is 19.6 Å². The van der Waals surface area contributed by atoms with E-state index in [-0.39, 0.29) is 0 Å². The van der Waals surface area contributed by atoms with Gasteiger partial charge in [-0.3, -0.25) is 14.2 Å². The SMILES string of the molecule is O=P([O-])(O)O.[NH3+]c1ccc(NC(=O)C(=O)N2CCCC2)cc1. The Kier molecular flexibility index (Phi) is 6.66. The minimum atomic E-state index is -4.89. The highest BCUT2D eigenvalue weighted by atomic mass is 31.2. The van der Waals surface area contributed by atoms with E-state index in [9.17, 15) is 9.59 Å². The third kappa shape index (κ3) is 7.30. The number of anilines is 1. The van der Waals surface area contributed by atoms with Crippen LogP contribution in [0.2, 0.25) is 0 Å². The Morgan fingerprint density at radius 1 is 1.18 bits per heavy atom. The van der Waals surface area contributed by atoms with Crippen molar-refractivity contribution in [2.45, 2.75) is 12.8 Å². The van der Waals surface area contributed by atoms with Gasteiger partial charge < -0.3 is 30.6 Å². The van der Waals surface area contributed by atoms with Crippen molar-refractivity contribution in [1.82, 2.24) is 4.90 Å². The maximum Gasteiger partial charge on any atom is 0.313 e. The van der Waals surface area contributed by atoms with Crippen molar-refractivity contribution in [3.63, 3.8) is 0 Å². The van der Waals surface area contributed by atoms with E-state index >= 15 is 0 Å². The van der Waals surface area contributed by atoms with E-state index in [1.807, 2.05) is 0 Å². The van der Waals surface area contributed by atoms with Gasteiger partial charge in [-0.1, -0.05) is 0 Å². The maximum atomic E-state index is 11.7. The van der Waals surface area contributed by atoms with Crippen LogP contribution in [0.5, 0.6) is 0 Å². The molecule has 9 nitrogen and oxygen atoms in total. The van der Waals surface area contributed by atoms with Crippen molar-refractivity contribution < 1.29 is 34.6 Å². The Labute approximate surface area is 127 Å². The number of quaternary nitrogens is 1. The van der Waals surface area contributed by atoms with Crippen molar-refractivity contribution >= 4 is 31.0 Å². The molecule has 22 heavy (non-hydrogen) atoms. The summed E-state index contributed by atoms with van der Waals surface area (Å²) in [6.45, 7) is 1.37. The molecule has 2 amide bonds. The smallest absolute Gasteiger partial charge is 0.313 e. The largest absolute Gasteiger partial charge is 0.756 e. The third-order valence-corrected chi connectivity index (χ3v) is 2.80. The Morgan fingerprint density at radius 2 is 1.64 bits per heavy atom.